The summed E-state index contributed by atoms with van der Waals surface area (Å²) in [4.78, 5) is 29.2. The Morgan fingerprint density at radius 2 is 2.07 bits per heavy atom. The zero-order chi connectivity index (χ0) is 21.0. The molecule has 11 heteroatoms. The van der Waals surface area contributed by atoms with E-state index >= 15 is 0 Å². The number of carbonyl (C=O) groups excluding carboxylic acids is 2. The van der Waals surface area contributed by atoms with E-state index in [0.717, 1.165) is 28.4 Å². The number of nitrogens with zero attached hydrogens (tertiary/aromatic N) is 3. The Morgan fingerprint density at radius 1 is 1.28 bits per heavy atom. The third kappa shape index (κ3) is 5.19. The van der Waals surface area contributed by atoms with Gasteiger partial charge in [0.15, 0.2) is 5.13 Å². The van der Waals surface area contributed by atoms with E-state index in [1.807, 2.05) is 0 Å². The summed E-state index contributed by atoms with van der Waals surface area (Å²) in [5, 5.41) is 8.12. The van der Waals surface area contributed by atoms with Crippen LogP contribution in [0.1, 0.15) is 23.9 Å². The van der Waals surface area contributed by atoms with Crippen molar-refractivity contribution < 1.29 is 27.5 Å². The summed E-state index contributed by atoms with van der Waals surface area (Å²) in [6, 6.07) is 6.06. The molecular formula is C18H15F3N4O3S. The minimum atomic E-state index is -4.53. The number of alkyl halides is 3. The van der Waals surface area contributed by atoms with Gasteiger partial charge in [0.05, 0.1) is 23.4 Å². The van der Waals surface area contributed by atoms with Gasteiger partial charge in [-0.3, -0.25) is 19.6 Å². The van der Waals surface area contributed by atoms with Gasteiger partial charge in [-0.05, 0) is 24.3 Å². The monoisotopic (exact) mass is 424 g/mol. The van der Waals surface area contributed by atoms with Gasteiger partial charge in [0.1, 0.15) is 6.61 Å². The Bertz CT molecular complexity index is 1000. The molecule has 0 bridgehead atoms. The molecule has 2 heterocycles. The molecule has 0 spiro atoms. The van der Waals surface area contributed by atoms with Crippen molar-refractivity contribution in [2.75, 3.05) is 4.90 Å². The van der Waals surface area contributed by atoms with E-state index in [9.17, 15) is 22.8 Å². The molecule has 0 atom stereocenters. The number of H-pyrrole nitrogens is 1. The molecule has 1 N–H and O–H groups in total. The predicted octanol–water partition coefficient (Wildman–Crippen LogP) is 3.86. The van der Waals surface area contributed by atoms with Crippen molar-refractivity contribution in [2.24, 2.45) is 0 Å². The van der Waals surface area contributed by atoms with Gasteiger partial charge in [-0.25, -0.2) is 4.98 Å². The standard InChI is InChI=1S/C18H15F3N4O3S/c1-11(26)25(15-4-2-3-12(7-15)18(19,20)21)17-23-14(10-29-17)9-28-16(27)8-13-5-6-22-24-13/h2-7,10H,8-9H2,1H3,(H,22,24). The summed E-state index contributed by atoms with van der Waals surface area (Å²) >= 11 is 1.06. The molecule has 0 aliphatic heterocycles. The number of rotatable bonds is 6. The first-order chi connectivity index (χ1) is 13.7. The lowest BCUT2D eigenvalue weighted by Gasteiger charge is -2.19. The number of aromatic nitrogens is 3. The normalized spacial score (nSPS) is 11.3. The first-order valence-electron chi connectivity index (χ1n) is 8.30. The van der Waals surface area contributed by atoms with Crippen LogP contribution >= 0.6 is 11.3 Å². The third-order valence-corrected chi connectivity index (χ3v) is 4.63. The summed E-state index contributed by atoms with van der Waals surface area (Å²) < 4.78 is 44.1. The van der Waals surface area contributed by atoms with Gasteiger partial charge in [0.2, 0.25) is 5.91 Å². The van der Waals surface area contributed by atoms with Crippen LogP contribution in [-0.2, 0) is 33.5 Å². The topological polar surface area (TPSA) is 88.2 Å². The molecule has 0 unspecified atom stereocenters. The molecule has 1 aromatic carbocycles. The molecular weight excluding hydrogens is 409 g/mol. The number of hydrogen-bond acceptors (Lipinski definition) is 6. The molecule has 1 amide bonds. The molecule has 7 nitrogen and oxygen atoms in total. The second-order valence-electron chi connectivity index (χ2n) is 5.94. The van der Waals surface area contributed by atoms with E-state index in [1.54, 1.807) is 11.4 Å². The number of hydrogen-bond donors (Lipinski definition) is 1. The van der Waals surface area contributed by atoms with Crippen molar-refractivity contribution in [1.29, 1.82) is 0 Å². The quantitative estimate of drug-likeness (QED) is 0.607. The highest BCUT2D eigenvalue weighted by molar-refractivity contribution is 7.14. The highest BCUT2D eigenvalue weighted by Crippen LogP contribution is 2.34. The van der Waals surface area contributed by atoms with Crippen molar-refractivity contribution >= 4 is 34.0 Å². The fourth-order valence-electron chi connectivity index (χ4n) is 2.46. The first-order valence-corrected chi connectivity index (χ1v) is 9.18. The molecule has 0 saturated carbocycles. The fourth-order valence-corrected chi connectivity index (χ4v) is 3.33. The van der Waals surface area contributed by atoms with E-state index in [1.165, 1.54) is 25.3 Å². The van der Waals surface area contributed by atoms with Crippen LogP contribution in [0.3, 0.4) is 0 Å². The maximum atomic E-state index is 13.0. The van der Waals surface area contributed by atoms with E-state index in [2.05, 4.69) is 15.2 Å². The predicted molar refractivity (Wildman–Crippen MR) is 98.5 cm³/mol. The van der Waals surface area contributed by atoms with Crippen LogP contribution in [0.25, 0.3) is 0 Å². The maximum absolute atomic E-state index is 13.0. The lowest BCUT2D eigenvalue weighted by molar-refractivity contribution is -0.144. The third-order valence-electron chi connectivity index (χ3n) is 3.75. The zero-order valence-electron chi connectivity index (χ0n) is 15.1. The van der Waals surface area contributed by atoms with Crippen molar-refractivity contribution in [3.63, 3.8) is 0 Å². The zero-order valence-corrected chi connectivity index (χ0v) is 15.9. The Balaban J connectivity index is 1.72. The number of halogens is 3. The van der Waals surface area contributed by atoms with Gasteiger partial charge < -0.3 is 4.74 Å². The molecule has 0 saturated heterocycles. The highest BCUT2D eigenvalue weighted by atomic mass is 32.1. The molecule has 2 aromatic heterocycles. The molecule has 0 radical (unpaired) electrons. The van der Waals surface area contributed by atoms with Gasteiger partial charge in [-0.15, -0.1) is 11.3 Å². The first kappa shape index (κ1) is 20.5. The van der Waals surface area contributed by atoms with Crippen molar-refractivity contribution in [1.82, 2.24) is 15.2 Å². The van der Waals surface area contributed by atoms with Crippen LogP contribution in [-0.4, -0.2) is 27.1 Å². The molecule has 0 fully saturated rings. The van der Waals surface area contributed by atoms with Gasteiger partial charge >= 0.3 is 12.1 Å². The molecule has 29 heavy (non-hydrogen) atoms. The Kier molecular flexibility index (Phi) is 5.97. The van der Waals surface area contributed by atoms with Crippen LogP contribution in [0.2, 0.25) is 0 Å². The van der Waals surface area contributed by atoms with Crippen LogP contribution in [0.4, 0.5) is 24.0 Å². The van der Waals surface area contributed by atoms with E-state index in [4.69, 9.17) is 4.74 Å². The second kappa shape index (κ2) is 8.43. The van der Waals surface area contributed by atoms with Crippen molar-refractivity contribution in [3.05, 3.63) is 58.9 Å². The van der Waals surface area contributed by atoms with Gasteiger partial charge in [-0.2, -0.15) is 18.3 Å². The van der Waals surface area contributed by atoms with Gasteiger partial charge in [-0.1, -0.05) is 6.07 Å². The van der Waals surface area contributed by atoms with E-state index < -0.39 is 23.6 Å². The smallest absolute Gasteiger partial charge is 0.416 e. The molecule has 3 aromatic rings. The van der Waals surface area contributed by atoms with Crippen LogP contribution in [0.15, 0.2) is 41.9 Å². The van der Waals surface area contributed by atoms with Crippen LogP contribution < -0.4 is 4.90 Å². The van der Waals surface area contributed by atoms with Gasteiger partial charge in [0.25, 0.3) is 0 Å². The fraction of sp³-hybridized carbons (Fsp3) is 0.222. The summed E-state index contributed by atoms with van der Waals surface area (Å²) in [5.41, 5.74) is 0.151. The number of aromatic amines is 1. The minimum Gasteiger partial charge on any atom is -0.459 e. The molecule has 0 aliphatic carbocycles. The lowest BCUT2D eigenvalue weighted by atomic mass is 10.2. The Hall–Kier alpha value is -3.21. The number of thiazole rings is 1. The summed E-state index contributed by atoms with van der Waals surface area (Å²) in [7, 11) is 0. The lowest BCUT2D eigenvalue weighted by Crippen LogP contribution is -2.23. The van der Waals surface area contributed by atoms with Crippen molar-refractivity contribution in [2.45, 2.75) is 26.1 Å². The van der Waals surface area contributed by atoms with Gasteiger partial charge in [0, 0.05) is 24.2 Å². The van der Waals surface area contributed by atoms with E-state index in [-0.39, 0.29) is 23.8 Å². The maximum Gasteiger partial charge on any atom is 0.416 e. The largest absolute Gasteiger partial charge is 0.459 e. The molecule has 152 valence electrons. The summed E-state index contributed by atoms with van der Waals surface area (Å²) in [6.07, 6.45) is -3.00. The molecule has 3 rings (SSSR count). The van der Waals surface area contributed by atoms with Crippen molar-refractivity contribution in [3.8, 4) is 0 Å². The highest BCUT2D eigenvalue weighted by Gasteiger charge is 2.31. The number of nitrogens with one attached hydrogen (secondary N) is 1. The number of carbonyl (C=O) groups is 2. The van der Waals surface area contributed by atoms with Crippen LogP contribution in [0, 0.1) is 0 Å². The number of benzene rings is 1. The average molecular weight is 424 g/mol. The van der Waals surface area contributed by atoms with Crippen LogP contribution in [0.5, 0.6) is 0 Å². The average Bonchev–Trinajstić information content (AvgIpc) is 3.32. The van der Waals surface area contributed by atoms with E-state index in [0.29, 0.717) is 11.4 Å². The second-order valence-corrected chi connectivity index (χ2v) is 6.78. The SMILES string of the molecule is CC(=O)N(c1cccc(C(F)(F)F)c1)c1nc(COC(=O)Cc2ccn[nH]2)cs1. The number of amides is 1. The minimum absolute atomic E-state index is 0.0147. The Labute approximate surface area is 167 Å². The summed E-state index contributed by atoms with van der Waals surface area (Å²) in [6.45, 7) is 1.10. The number of ether oxygens (including phenoxy) is 1. The summed E-state index contributed by atoms with van der Waals surface area (Å²) in [5.74, 6) is -0.994. The molecule has 0 aliphatic rings. The number of anilines is 2. The number of esters is 1. The Morgan fingerprint density at radius 3 is 2.72 bits per heavy atom.